The Bertz CT molecular complexity index is 739. The van der Waals surface area contributed by atoms with Gasteiger partial charge in [0.25, 0.3) is 5.91 Å². The molecule has 0 spiro atoms. The molecule has 1 atom stereocenters. The minimum absolute atomic E-state index is 0.0671. The van der Waals surface area contributed by atoms with Gasteiger partial charge in [-0.25, -0.2) is 0 Å². The van der Waals surface area contributed by atoms with Crippen LogP contribution in [0.25, 0.3) is 0 Å². The van der Waals surface area contributed by atoms with E-state index in [4.69, 9.17) is 0 Å². The first-order chi connectivity index (χ1) is 11.9. The quantitative estimate of drug-likeness (QED) is 0.741. The molecule has 0 fully saturated rings. The lowest BCUT2D eigenvalue weighted by Crippen LogP contribution is -2.46. The van der Waals surface area contributed by atoms with Crippen molar-refractivity contribution in [3.63, 3.8) is 0 Å². The van der Waals surface area contributed by atoms with Gasteiger partial charge in [-0.2, -0.15) is 0 Å². The lowest BCUT2D eigenvalue weighted by molar-refractivity contribution is -0.119. The third kappa shape index (κ3) is 5.42. The van der Waals surface area contributed by atoms with Crippen LogP contribution in [0.4, 0.5) is 11.4 Å². The Hall–Kier alpha value is -2.67. The molecule has 6 nitrogen and oxygen atoms in total. The molecule has 3 N–H and O–H groups in total. The molecule has 0 bridgehead atoms. The molecule has 0 saturated heterocycles. The second kappa shape index (κ2) is 8.43. The number of anilines is 2. The van der Waals surface area contributed by atoms with E-state index in [2.05, 4.69) is 16.0 Å². The predicted octanol–water partition coefficient (Wildman–Crippen LogP) is 3.10. The van der Waals surface area contributed by atoms with Crippen LogP contribution in [0.1, 0.15) is 30.4 Å². The van der Waals surface area contributed by atoms with Gasteiger partial charge < -0.3 is 16.0 Å². The maximum absolute atomic E-state index is 12.5. The van der Waals surface area contributed by atoms with E-state index < -0.39 is 6.04 Å². The zero-order chi connectivity index (χ0) is 18.4. The van der Waals surface area contributed by atoms with E-state index in [-0.39, 0.29) is 23.6 Å². The third-order valence-corrected chi connectivity index (χ3v) is 4.32. The minimum atomic E-state index is -0.648. The highest BCUT2D eigenvalue weighted by atomic mass is 32.1. The van der Waals surface area contributed by atoms with Crippen molar-refractivity contribution in [2.45, 2.75) is 26.8 Å². The first kappa shape index (κ1) is 18.7. The molecule has 0 aliphatic carbocycles. The molecule has 1 heterocycles. The SMILES string of the molecule is CC(=O)Nc1ccc(NC(=O)[C@H](NC(=O)c2cccs2)C(C)C)cc1. The van der Waals surface area contributed by atoms with Crippen molar-refractivity contribution < 1.29 is 14.4 Å². The number of carbonyl (C=O) groups excluding carboxylic acids is 3. The van der Waals surface area contributed by atoms with Gasteiger partial charge >= 0.3 is 0 Å². The van der Waals surface area contributed by atoms with Gasteiger partial charge in [-0.3, -0.25) is 14.4 Å². The topological polar surface area (TPSA) is 87.3 Å². The van der Waals surface area contributed by atoms with Crippen LogP contribution >= 0.6 is 11.3 Å². The molecule has 25 heavy (non-hydrogen) atoms. The fourth-order valence-corrected chi connectivity index (χ4v) is 2.84. The Morgan fingerprint density at radius 1 is 0.960 bits per heavy atom. The van der Waals surface area contributed by atoms with Gasteiger partial charge in [-0.05, 0) is 41.6 Å². The first-order valence-electron chi connectivity index (χ1n) is 7.89. The van der Waals surface area contributed by atoms with Crippen molar-refractivity contribution in [2.75, 3.05) is 10.6 Å². The Labute approximate surface area is 150 Å². The van der Waals surface area contributed by atoms with Gasteiger partial charge in [0, 0.05) is 18.3 Å². The van der Waals surface area contributed by atoms with Crippen LogP contribution in [0.3, 0.4) is 0 Å². The van der Waals surface area contributed by atoms with Crippen LogP contribution in [0.2, 0.25) is 0 Å². The molecule has 2 rings (SSSR count). The number of amides is 3. The highest BCUT2D eigenvalue weighted by Crippen LogP contribution is 2.15. The van der Waals surface area contributed by atoms with Crippen molar-refractivity contribution in [1.29, 1.82) is 0 Å². The lowest BCUT2D eigenvalue weighted by atomic mass is 10.0. The van der Waals surface area contributed by atoms with E-state index in [1.54, 1.807) is 36.4 Å². The van der Waals surface area contributed by atoms with Gasteiger partial charge in [0.1, 0.15) is 6.04 Å². The molecule has 0 saturated carbocycles. The van der Waals surface area contributed by atoms with Crippen LogP contribution in [0.15, 0.2) is 41.8 Å². The van der Waals surface area contributed by atoms with Crippen molar-refractivity contribution in [3.05, 3.63) is 46.7 Å². The van der Waals surface area contributed by atoms with Gasteiger partial charge in [-0.15, -0.1) is 11.3 Å². The summed E-state index contributed by atoms with van der Waals surface area (Å²) in [5.74, 6) is -0.771. The number of benzene rings is 1. The van der Waals surface area contributed by atoms with Crippen LogP contribution in [-0.2, 0) is 9.59 Å². The van der Waals surface area contributed by atoms with E-state index >= 15 is 0 Å². The summed E-state index contributed by atoms with van der Waals surface area (Å²) < 4.78 is 0. The molecule has 132 valence electrons. The highest BCUT2D eigenvalue weighted by molar-refractivity contribution is 7.12. The summed E-state index contributed by atoms with van der Waals surface area (Å²) in [6.07, 6.45) is 0. The molecule has 0 unspecified atom stereocenters. The van der Waals surface area contributed by atoms with Crippen molar-refractivity contribution in [1.82, 2.24) is 5.32 Å². The monoisotopic (exact) mass is 359 g/mol. The minimum Gasteiger partial charge on any atom is -0.339 e. The maximum Gasteiger partial charge on any atom is 0.262 e. The van der Waals surface area contributed by atoms with E-state index in [1.165, 1.54) is 18.3 Å². The number of rotatable bonds is 6. The number of hydrogen-bond donors (Lipinski definition) is 3. The Balaban J connectivity index is 2.02. The summed E-state index contributed by atoms with van der Waals surface area (Å²) >= 11 is 1.33. The molecule has 2 aromatic rings. The molecule has 0 radical (unpaired) electrons. The van der Waals surface area contributed by atoms with Crippen LogP contribution in [0.5, 0.6) is 0 Å². The van der Waals surface area contributed by atoms with Crippen LogP contribution in [-0.4, -0.2) is 23.8 Å². The maximum atomic E-state index is 12.5. The molecule has 0 aliphatic heterocycles. The molecular formula is C18H21N3O3S. The molecule has 0 aliphatic rings. The number of hydrogen-bond acceptors (Lipinski definition) is 4. The molecule has 1 aromatic carbocycles. The standard InChI is InChI=1S/C18H21N3O3S/c1-11(2)16(21-17(23)15-5-4-10-25-15)18(24)20-14-8-6-13(7-9-14)19-12(3)22/h4-11,16H,1-3H3,(H,19,22)(H,20,24)(H,21,23)/t16-/m1/s1. The van der Waals surface area contributed by atoms with Gasteiger partial charge in [0.15, 0.2) is 0 Å². The van der Waals surface area contributed by atoms with Crippen molar-refractivity contribution in [2.24, 2.45) is 5.92 Å². The van der Waals surface area contributed by atoms with Gasteiger partial charge in [-0.1, -0.05) is 19.9 Å². The third-order valence-electron chi connectivity index (χ3n) is 3.45. The molecule has 3 amide bonds. The zero-order valence-corrected chi connectivity index (χ0v) is 15.1. The van der Waals surface area contributed by atoms with E-state index in [0.29, 0.717) is 16.3 Å². The van der Waals surface area contributed by atoms with E-state index in [9.17, 15) is 14.4 Å². The van der Waals surface area contributed by atoms with Crippen molar-refractivity contribution in [3.8, 4) is 0 Å². The molecule has 1 aromatic heterocycles. The van der Waals surface area contributed by atoms with E-state index in [0.717, 1.165) is 0 Å². The summed E-state index contributed by atoms with van der Waals surface area (Å²) in [5, 5.41) is 10.0. The molecular weight excluding hydrogens is 338 g/mol. The Kier molecular flexibility index (Phi) is 6.30. The zero-order valence-electron chi connectivity index (χ0n) is 14.3. The lowest BCUT2D eigenvalue weighted by Gasteiger charge is -2.21. The summed E-state index contributed by atoms with van der Waals surface area (Å²) in [5.41, 5.74) is 1.24. The largest absolute Gasteiger partial charge is 0.339 e. The highest BCUT2D eigenvalue weighted by Gasteiger charge is 2.25. The summed E-state index contributed by atoms with van der Waals surface area (Å²) in [6.45, 7) is 5.18. The fourth-order valence-electron chi connectivity index (χ4n) is 2.22. The predicted molar refractivity (Wildman–Crippen MR) is 99.8 cm³/mol. The van der Waals surface area contributed by atoms with Crippen LogP contribution in [0, 0.1) is 5.92 Å². The second-order valence-corrected chi connectivity index (χ2v) is 6.87. The number of nitrogens with one attached hydrogen (secondary N) is 3. The summed E-state index contributed by atoms with van der Waals surface area (Å²) in [4.78, 5) is 36.3. The normalized spacial score (nSPS) is 11.7. The Morgan fingerprint density at radius 3 is 2.04 bits per heavy atom. The molecule has 7 heteroatoms. The van der Waals surface area contributed by atoms with Crippen molar-refractivity contribution >= 4 is 40.4 Å². The average Bonchev–Trinajstić information content (AvgIpc) is 3.08. The van der Waals surface area contributed by atoms with Gasteiger partial charge in [0.2, 0.25) is 11.8 Å². The first-order valence-corrected chi connectivity index (χ1v) is 8.77. The fraction of sp³-hybridized carbons (Fsp3) is 0.278. The smallest absolute Gasteiger partial charge is 0.262 e. The summed E-state index contributed by atoms with van der Waals surface area (Å²) in [7, 11) is 0. The van der Waals surface area contributed by atoms with E-state index in [1.807, 2.05) is 19.2 Å². The summed E-state index contributed by atoms with van der Waals surface area (Å²) in [6, 6.07) is 9.65. The average molecular weight is 359 g/mol. The number of thiophene rings is 1. The Morgan fingerprint density at radius 2 is 1.56 bits per heavy atom. The van der Waals surface area contributed by atoms with Crippen LogP contribution < -0.4 is 16.0 Å². The number of carbonyl (C=O) groups is 3. The second-order valence-electron chi connectivity index (χ2n) is 5.92. The van der Waals surface area contributed by atoms with Gasteiger partial charge in [0.05, 0.1) is 4.88 Å².